The van der Waals surface area contributed by atoms with Crippen LogP contribution in [0.1, 0.15) is 64.7 Å². The third-order valence-corrected chi connectivity index (χ3v) is 3.13. The Kier molecular flexibility index (Phi) is 16.5. The molecule has 4 heteroatoms. The topological polar surface area (TPSA) is 55.8 Å². The largest absolute Gasteiger partial charge is 0.480 e. The van der Waals surface area contributed by atoms with Crippen LogP contribution in [0, 0.1) is 0 Å². The summed E-state index contributed by atoms with van der Waals surface area (Å²) in [5, 5.41) is 8.36. The van der Waals surface area contributed by atoms with Crippen LogP contribution in [0.4, 0.5) is 0 Å². The molecule has 0 saturated heterocycles. The van der Waals surface area contributed by atoms with Gasteiger partial charge in [0.05, 0.1) is 13.2 Å². The summed E-state index contributed by atoms with van der Waals surface area (Å²) < 4.78 is 10.2. The molecule has 0 fully saturated rings. The van der Waals surface area contributed by atoms with Crippen LogP contribution in [0.15, 0.2) is 12.2 Å². The van der Waals surface area contributed by atoms with Crippen molar-refractivity contribution in [2.45, 2.75) is 64.7 Å². The molecule has 0 aliphatic rings. The van der Waals surface area contributed by atoms with Crippen molar-refractivity contribution in [3.63, 3.8) is 0 Å². The van der Waals surface area contributed by atoms with Gasteiger partial charge in [-0.1, -0.05) is 51.2 Å². The van der Waals surface area contributed by atoms with Crippen LogP contribution in [-0.2, 0) is 14.3 Å². The minimum atomic E-state index is -0.934. The Bertz CT molecular complexity index is 251. The molecule has 0 aromatic heterocycles. The number of ether oxygens (including phenoxy) is 2. The van der Waals surface area contributed by atoms with E-state index in [0.717, 1.165) is 13.0 Å². The van der Waals surface area contributed by atoms with Gasteiger partial charge in [-0.25, -0.2) is 4.79 Å². The van der Waals surface area contributed by atoms with E-state index in [2.05, 4.69) is 19.1 Å². The highest BCUT2D eigenvalue weighted by atomic mass is 16.5. The van der Waals surface area contributed by atoms with Crippen molar-refractivity contribution in [3.8, 4) is 0 Å². The fourth-order valence-electron chi connectivity index (χ4n) is 1.96. The van der Waals surface area contributed by atoms with E-state index in [1.165, 1.54) is 51.4 Å². The van der Waals surface area contributed by atoms with E-state index in [9.17, 15) is 4.79 Å². The molecule has 0 aromatic rings. The lowest BCUT2D eigenvalue weighted by Crippen LogP contribution is -2.11. The summed E-state index contributed by atoms with van der Waals surface area (Å²) in [5.41, 5.74) is 0. The molecular weight excluding hydrogens is 268 g/mol. The predicted molar refractivity (Wildman–Crippen MR) is 85.6 cm³/mol. The second-order valence-electron chi connectivity index (χ2n) is 5.23. The Morgan fingerprint density at radius 2 is 1.48 bits per heavy atom. The van der Waals surface area contributed by atoms with Gasteiger partial charge in [-0.15, -0.1) is 0 Å². The maximum atomic E-state index is 10.2. The summed E-state index contributed by atoms with van der Waals surface area (Å²) in [5.74, 6) is -0.934. The number of carboxylic acids is 1. The average molecular weight is 300 g/mol. The molecule has 21 heavy (non-hydrogen) atoms. The number of carboxylic acid groups (broad SMARTS) is 1. The van der Waals surface area contributed by atoms with Gasteiger partial charge in [-0.3, -0.25) is 0 Å². The number of rotatable bonds is 16. The highest BCUT2D eigenvalue weighted by Gasteiger charge is 1.96. The van der Waals surface area contributed by atoms with E-state index in [4.69, 9.17) is 14.6 Å². The lowest BCUT2D eigenvalue weighted by molar-refractivity contribution is -0.142. The maximum Gasteiger partial charge on any atom is 0.329 e. The summed E-state index contributed by atoms with van der Waals surface area (Å²) in [6.07, 6.45) is 15.8. The van der Waals surface area contributed by atoms with Crippen LogP contribution in [0.2, 0.25) is 0 Å². The highest BCUT2D eigenvalue weighted by molar-refractivity contribution is 5.67. The van der Waals surface area contributed by atoms with E-state index in [0.29, 0.717) is 13.2 Å². The van der Waals surface area contributed by atoms with Gasteiger partial charge in [0.2, 0.25) is 0 Å². The van der Waals surface area contributed by atoms with Crippen LogP contribution in [-0.4, -0.2) is 37.5 Å². The normalized spacial score (nSPS) is 11.3. The fraction of sp³-hybridized carbons (Fsp3) is 0.824. The van der Waals surface area contributed by atoms with Gasteiger partial charge < -0.3 is 14.6 Å². The molecule has 124 valence electrons. The first-order chi connectivity index (χ1) is 10.3. The molecule has 0 heterocycles. The molecule has 0 aliphatic heterocycles. The van der Waals surface area contributed by atoms with Crippen LogP contribution in [0.5, 0.6) is 0 Å². The van der Waals surface area contributed by atoms with Crippen molar-refractivity contribution in [2.75, 3.05) is 26.4 Å². The van der Waals surface area contributed by atoms with Crippen LogP contribution in [0.3, 0.4) is 0 Å². The summed E-state index contributed by atoms with van der Waals surface area (Å²) in [6.45, 7) is 3.56. The molecule has 0 aromatic carbocycles. The Morgan fingerprint density at radius 1 is 0.857 bits per heavy atom. The monoisotopic (exact) mass is 300 g/mol. The van der Waals surface area contributed by atoms with Gasteiger partial charge in [0.15, 0.2) is 0 Å². The van der Waals surface area contributed by atoms with Gasteiger partial charge in [0, 0.05) is 6.61 Å². The van der Waals surface area contributed by atoms with Crippen LogP contribution in [0.25, 0.3) is 0 Å². The van der Waals surface area contributed by atoms with E-state index >= 15 is 0 Å². The van der Waals surface area contributed by atoms with E-state index in [1.54, 1.807) is 0 Å². The first-order valence-corrected chi connectivity index (χ1v) is 8.29. The molecule has 1 N–H and O–H groups in total. The van der Waals surface area contributed by atoms with Crippen molar-refractivity contribution in [2.24, 2.45) is 0 Å². The molecule has 0 saturated carbocycles. The van der Waals surface area contributed by atoms with E-state index in [-0.39, 0.29) is 6.61 Å². The van der Waals surface area contributed by atoms with Gasteiger partial charge in [-0.2, -0.15) is 0 Å². The molecule has 0 bridgehead atoms. The first-order valence-electron chi connectivity index (χ1n) is 8.29. The van der Waals surface area contributed by atoms with Crippen molar-refractivity contribution in [3.05, 3.63) is 12.2 Å². The zero-order chi connectivity index (χ0) is 15.6. The third kappa shape index (κ3) is 19.1. The molecule has 0 unspecified atom stereocenters. The lowest BCUT2D eigenvalue weighted by Gasteiger charge is -2.04. The summed E-state index contributed by atoms with van der Waals surface area (Å²) in [7, 11) is 0. The highest BCUT2D eigenvalue weighted by Crippen LogP contribution is 2.08. The number of hydrogen-bond acceptors (Lipinski definition) is 3. The number of carbonyl (C=O) groups is 1. The van der Waals surface area contributed by atoms with Gasteiger partial charge in [0.25, 0.3) is 0 Å². The number of allylic oxidation sites excluding steroid dienone is 2. The Labute approximate surface area is 129 Å². The number of aliphatic carboxylic acids is 1. The van der Waals surface area contributed by atoms with Crippen molar-refractivity contribution < 1.29 is 19.4 Å². The maximum absolute atomic E-state index is 10.2. The number of hydrogen-bond donors (Lipinski definition) is 1. The van der Waals surface area contributed by atoms with Crippen molar-refractivity contribution in [1.82, 2.24) is 0 Å². The second-order valence-corrected chi connectivity index (χ2v) is 5.23. The molecule has 0 spiro atoms. The van der Waals surface area contributed by atoms with E-state index < -0.39 is 5.97 Å². The third-order valence-electron chi connectivity index (χ3n) is 3.13. The first kappa shape index (κ1) is 20.1. The van der Waals surface area contributed by atoms with Gasteiger partial charge in [-0.05, 0) is 25.7 Å². The quantitative estimate of drug-likeness (QED) is 0.343. The Morgan fingerprint density at radius 3 is 2.19 bits per heavy atom. The summed E-state index contributed by atoms with van der Waals surface area (Å²) >= 11 is 0. The zero-order valence-corrected chi connectivity index (χ0v) is 13.5. The average Bonchev–Trinajstić information content (AvgIpc) is 2.46. The fourth-order valence-corrected chi connectivity index (χ4v) is 1.96. The van der Waals surface area contributed by atoms with Gasteiger partial charge >= 0.3 is 5.97 Å². The second kappa shape index (κ2) is 17.2. The van der Waals surface area contributed by atoms with Crippen LogP contribution < -0.4 is 0 Å². The van der Waals surface area contributed by atoms with E-state index in [1.807, 2.05) is 0 Å². The predicted octanol–water partition coefficient (Wildman–Crippen LogP) is 4.19. The standard InChI is InChI=1S/C17H32O4/c1-2-3-4-5-6-7-8-9-10-11-12-13-20-14-15-21-16-17(18)19/h4-5H,2-3,6-16H2,1H3,(H,18,19)/b5-4-. The van der Waals surface area contributed by atoms with Gasteiger partial charge in [0.1, 0.15) is 6.61 Å². The summed E-state index contributed by atoms with van der Waals surface area (Å²) in [6, 6.07) is 0. The van der Waals surface area contributed by atoms with Crippen molar-refractivity contribution >= 4 is 5.97 Å². The molecular formula is C17H32O4. The minimum Gasteiger partial charge on any atom is -0.480 e. The molecule has 0 rings (SSSR count). The molecule has 0 amide bonds. The molecule has 0 aliphatic carbocycles. The minimum absolute atomic E-state index is 0.239. The zero-order valence-electron chi connectivity index (χ0n) is 13.5. The Hall–Kier alpha value is -0.870. The molecule has 0 atom stereocenters. The smallest absolute Gasteiger partial charge is 0.329 e. The van der Waals surface area contributed by atoms with Crippen LogP contribution >= 0.6 is 0 Å². The Balaban J connectivity index is 3.01. The van der Waals surface area contributed by atoms with Crippen molar-refractivity contribution in [1.29, 1.82) is 0 Å². The SMILES string of the molecule is CCC/C=C\CCCCCCCCOCCOCC(=O)O. The number of unbranched alkanes of at least 4 members (excludes halogenated alkanes) is 7. The molecule has 0 radical (unpaired) electrons. The lowest BCUT2D eigenvalue weighted by atomic mass is 10.1. The molecule has 4 nitrogen and oxygen atoms in total. The summed E-state index contributed by atoms with van der Waals surface area (Å²) in [4.78, 5) is 10.2.